The van der Waals surface area contributed by atoms with Gasteiger partial charge in [0.25, 0.3) is 5.91 Å². The molecule has 5 atom stereocenters. The fraction of sp³-hybridized carbons (Fsp3) is 0.450. The molecule has 16 nitrogen and oxygen atoms in total. The Labute approximate surface area is 334 Å². The largest absolute Gasteiger partial charge is 0.480 e. The zero-order valence-electron chi connectivity index (χ0n) is 33.4. The van der Waals surface area contributed by atoms with Crippen molar-refractivity contribution in [3.05, 3.63) is 71.9 Å². The molecule has 2 aromatic carbocycles. The van der Waals surface area contributed by atoms with Gasteiger partial charge in [0.15, 0.2) is 23.2 Å². The number of nitrogens with zero attached hydrogens (tertiary/aromatic N) is 1. The first-order chi connectivity index (χ1) is 27.5. The van der Waals surface area contributed by atoms with E-state index in [9.17, 15) is 42.3 Å². The fourth-order valence-electron chi connectivity index (χ4n) is 5.52. The molecule has 1 heterocycles. The van der Waals surface area contributed by atoms with Crippen LogP contribution in [0.3, 0.4) is 0 Å². The first kappa shape index (κ1) is 46.3. The third-order valence-corrected chi connectivity index (χ3v) is 8.89. The van der Waals surface area contributed by atoms with Crippen molar-refractivity contribution in [2.24, 2.45) is 11.8 Å². The van der Waals surface area contributed by atoms with Gasteiger partial charge in [-0.25, -0.2) is 13.8 Å². The lowest BCUT2D eigenvalue weighted by molar-refractivity contribution is -0.143. The van der Waals surface area contributed by atoms with Gasteiger partial charge in [-0.1, -0.05) is 58.0 Å². The molecule has 0 aliphatic rings. The van der Waals surface area contributed by atoms with Gasteiger partial charge in [-0.15, -0.1) is 0 Å². The summed E-state index contributed by atoms with van der Waals surface area (Å²) in [6.45, 7) is 7.10. The Balaban J connectivity index is 1.68. The second-order valence-corrected chi connectivity index (χ2v) is 14.0. The number of carbonyl (C=O) groups is 7. The molecule has 0 unspecified atom stereocenters. The average molecular weight is 813 g/mol. The predicted molar refractivity (Wildman–Crippen MR) is 206 cm³/mol. The minimum absolute atomic E-state index is 0.00676. The second kappa shape index (κ2) is 22.0. The summed E-state index contributed by atoms with van der Waals surface area (Å²) in [6.07, 6.45) is -0.668. The van der Waals surface area contributed by atoms with Crippen LogP contribution in [0.1, 0.15) is 57.9 Å². The van der Waals surface area contributed by atoms with E-state index in [-0.39, 0.29) is 18.7 Å². The third kappa shape index (κ3) is 13.3. The number of ether oxygens (including phenoxy) is 3. The number of halogens is 2. The van der Waals surface area contributed by atoms with Crippen molar-refractivity contribution < 1.29 is 56.6 Å². The summed E-state index contributed by atoms with van der Waals surface area (Å²) < 4.78 is 42.8. The molecule has 5 N–H and O–H groups in total. The van der Waals surface area contributed by atoms with E-state index in [1.54, 1.807) is 45.9 Å². The van der Waals surface area contributed by atoms with Gasteiger partial charge >= 0.3 is 5.97 Å². The number of rotatable bonds is 21. The van der Waals surface area contributed by atoms with E-state index >= 15 is 0 Å². The molecule has 0 fully saturated rings. The smallest absolute Gasteiger partial charge is 0.308 e. The van der Waals surface area contributed by atoms with Crippen LogP contribution in [0.25, 0.3) is 10.9 Å². The first-order valence-corrected chi connectivity index (χ1v) is 18.5. The Kier molecular flexibility index (Phi) is 17.6. The average Bonchev–Trinajstić information content (AvgIpc) is 3.18. The quantitative estimate of drug-likeness (QED) is 0.0982. The van der Waals surface area contributed by atoms with Crippen molar-refractivity contribution in [1.82, 2.24) is 31.6 Å². The van der Waals surface area contributed by atoms with E-state index in [2.05, 4.69) is 36.3 Å². The summed E-state index contributed by atoms with van der Waals surface area (Å²) in [5.41, 5.74) is 0.687. The zero-order chi connectivity index (χ0) is 43.1. The number of pyridine rings is 1. The Morgan fingerprint density at radius 1 is 0.672 bits per heavy atom. The Morgan fingerprint density at radius 2 is 1.28 bits per heavy atom. The fourth-order valence-corrected chi connectivity index (χ4v) is 5.52. The van der Waals surface area contributed by atoms with Gasteiger partial charge in [0, 0.05) is 19.1 Å². The Bertz CT molecular complexity index is 1940. The summed E-state index contributed by atoms with van der Waals surface area (Å²) in [5.74, 6) is -9.50. The monoisotopic (exact) mass is 812 g/mol. The molecule has 58 heavy (non-hydrogen) atoms. The number of hydrogen-bond acceptors (Lipinski definition) is 11. The summed E-state index contributed by atoms with van der Waals surface area (Å²) in [4.78, 5) is 96.5. The van der Waals surface area contributed by atoms with Crippen LogP contribution in [0.4, 0.5) is 8.78 Å². The number of para-hydroxylation sites is 2. The maximum Gasteiger partial charge on any atom is 0.308 e. The number of aromatic nitrogens is 1. The maximum atomic E-state index is 14.0. The van der Waals surface area contributed by atoms with E-state index in [0.717, 1.165) is 30.7 Å². The molecule has 0 aliphatic carbocycles. The lowest BCUT2D eigenvalue weighted by Gasteiger charge is -2.28. The highest BCUT2D eigenvalue weighted by Gasteiger charge is 2.34. The second-order valence-electron chi connectivity index (χ2n) is 14.0. The van der Waals surface area contributed by atoms with Crippen LogP contribution in [0, 0.1) is 23.5 Å². The molecule has 3 rings (SSSR count). The van der Waals surface area contributed by atoms with Crippen molar-refractivity contribution in [3.63, 3.8) is 0 Å². The van der Waals surface area contributed by atoms with Gasteiger partial charge in [-0.05, 0) is 49.4 Å². The van der Waals surface area contributed by atoms with E-state index in [0.29, 0.717) is 5.52 Å². The van der Waals surface area contributed by atoms with Gasteiger partial charge < -0.3 is 40.8 Å². The molecule has 0 radical (unpaired) electrons. The van der Waals surface area contributed by atoms with Crippen LogP contribution in [-0.4, -0.2) is 104 Å². The number of benzene rings is 2. The first-order valence-electron chi connectivity index (χ1n) is 18.5. The number of esters is 1. The molecular formula is C40H50F2N6O10. The lowest BCUT2D eigenvalue weighted by atomic mass is 10.0. The molecule has 0 aliphatic heterocycles. The number of hydrogen-bond donors (Lipinski definition) is 5. The number of ketones is 1. The zero-order valence-corrected chi connectivity index (χ0v) is 33.4. The number of amides is 5. The maximum absolute atomic E-state index is 14.0. The minimum Gasteiger partial charge on any atom is -0.480 e. The van der Waals surface area contributed by atoms with Crippen molar-refractivity contribution in [2.75, 3.05) is 27.4 Å². The normalized spacial score (nSPS) is 13.7. The van der Waals surface area contributed by atoms with Crippen LogP contribution in [0.15, 0.2) is 54.6 Å². The number of Topliss-reactive ketones (excluding diaryl/α,β-unsaturated/α-hetero) is 1. The molecule has 314 valence electrons. The van der Waals surface area contributed by atoms with Crippen LogP contribution >= 0.6 is 0 Å². The molecule has 5 amide bonds. The summed E-state index contributed by atoms with van der Waals surface area (Å²) >= 11 is 0. The molecular weight excluding hydrogens is 762 g/mol. The van der Waals surface area contributed by atoms with Gasteiger partial charge in [-0.3, -0.25) is 33.6 Å². The van der Waals surface area contributed by atoms with E-state index in [4.69, 9.17) is 9.47 Å². The van der Waals surface area contributed by atoms with E-state index < -0.39 is 114 Å². The van der Waals surface area contributed by atoms with Crippen LogP contribution in [-0.2, 0) is 38.2 Å². The predicted octanol–water partition coefficient (Wildman–Crippen LogP) is 2.13. The van der Waals surface area contributed by atoms with E-state index in [1.807, 2.05) is 12.1 Å². The number of fused-ring (bicyclic) bond motifs is 1. The summed E-state index contributed by atoms with van der Waals surface area (Å²) in [5, 5.41) is 13.6. The van der Waals surface area contributed by atoms with Gasteiger partial charge in [0.05, 0.1) is 19.0 Å². The summed E-state index contributed by atoms with van der Waals surface area (Å²) in [7, 11) is 2.46. The SMILES string of the molecule is COCC[C@H](NC(=O)[C@@H](NC(=O)c1ccc2ccccc2n1)C(C)C)C(=O)N[C@H](C(=O)N[C@@H](C)C(=O)N[C@@H](CC(=O)OC)C(=O)COc1c(F)cccc1F)C(C)C. The number of nitrogens with one attached hydrogen (secondary N) is 5. The van der Waals surface area contributed by atoms with Crippen LogP contribution in [0.2, 0.25) is 0 Å². The highest BCUT2D eigenvalue weighted by atomic mass is 19.1. The molecule has 18 heteroatoms. The molecule has 0 saturated carbocycles. The van der Waals surface area contributed by atoms with Crippen molar-refractivity contribution in [1.29, 1.82) is 0 Å². The Hall–Kier alpha value is -6.04. The molecule has 3 aromatic rings. The molecule has 0 bridgehead atoms. The topological polar surface area (TPSA) is 220 Å². The summed E-state index contributed by atoms with van der Waals surface area (Å²) in [6, 6.07) is 7.01. The molecule has 0 saturated heterocycles. The minimum atomic E-state index is -1.57. The van der Waals surface area contributed by atoms with Crippen molar-refractivity contribution in [2.45, 2.75) is 77.7 Å². The van der Waals surface area contributed by atoms with Crippen molar-refractivity contribution in [3.8, 4) is 5.75 Å². The van der Waals surface area contributed by atoms with Gasteiger partial charge in [0.1, 0.15) is 42.5 Å². The standard InChI is InChI=1S/C40H50F2N6O10/c1-21(2)33(39(54)43-23(5)36(51)46-30(19-32(50)57-7)31(49)20-58-35-25(41)12-10-13-26(35)42)47-38(53)29(17-18-56-6)45-40(55)34(22(3)4)48-37(52)28-16-15-24-11-8-9-14-27(24)44-28/h8-16,21-23,29-30,33-34H,17-20H2,1-7H3,(H,43,54)(H,45,55)(H,46,51)(H,47,53)(H,48,52)/t23-,29-,30-,33-,34-/m0/s1. The molecule has 1 aromatic heterocycles. The lowest BCUT2D eigenvalue weighted by Crippen LogP contribution is -2.60. The van der Waals surface area contributed by atoms with Crippen LogP contribution in [0.5, 0.6) is 5.75 Å². The highest BCUT2D eigenvalue weighted by molar-refractivity contribution is 6.00. The number of methoxy groups -OCH3 is 2. The van der Waals surface area contributed by atoms with Crippen LogP contribution < -0.4 is 31.3 Å². The highest BCUT2D eigenvalue weighted by Crippen LogP contribution is 2.21. The van der Waals surface area contributed by atoms with Gasteiger partial charge in [-0.2, -0.15) is 0 Å². The number of carbonyl (C=O) groups excluding carboxylic acids is 7. The van der Waals surface area contributed by atoms with E-state index in [1.165, 1.54) is 20.1 Å². The van der Waals surface area contributed by atoms with Gasteiger partial charge in [0.2, 0.25) is 23.6 Å². The third-order valence-electron chi connectivity index (χ3n) is 8.89. The molecule has 0 spiro atoms. The Morgan fingerprint density at radius 3 is 1.90 bits per heavy atom. The van der Waals surface area contributed by atoms with Crippen molar-refractivity contribution >= 4 is 52.2 Å².